The van der Waals surface area contributed by atoms with Crippen molar-refractivity contribution < 1.29 is 9.90 Å². The van der Waals surface area contributed by atoms with Crippen molar-refractivity contribution in [2.45, 2.75) is 32.2 Å². The maximum atomic E-state index is 12.0. The molecule has 4 heteroatoms. The van der Waals surface area contributed by atoms with Gasteiger partial charge in [0.05, 0.1) is 5.56 Å². The number of carbonyl (C=O) groups excluding carboxylic acids is 1. The van der Waals surface area contributed by atoms with Gasteiger partial charge in [0.2, 0.25) is 0 Å². The van der Waals surface area contributed by atoms with Gasteiger partial charge in [-0.15, -0.1) is 0 Å². The maximum absolute atomic E-state index is 12.0. The Balaban J connectivity index is 2.06. The number of phenolic OH excluding ortho intramolecular Hbond substituents is 1. The lowest BCUT2D eigenvalue weighted by molar-refractivity contribution is 0.0934. The third-order valence-corrected chi connectivity index (χ3v) is 3.90. The van der Waals surface area contributed by atoms with E-state index in [1.54, 1.807) is 18.2 Å². The van der Waals surface area contributed by atoms with Crippen LogP contribution in [-0.4, -0.2) is 17.1 Å². The molecule has 1 aromatic carbocycles. The van der Waals surface area contributed by atoms with Crippen molar-refractivity contribution in [1.82, 2.24) is 5.32 Å². The minimum atomic E-state index is -0.167. The summed E-state index contributed by atoms with van der Waals surface area (Å²) in [5.41, 5.74) is 0.372. The highest BCUT2D eigenvalue weighted by Crippen LogP contribution is 2.26. The van der Waals surface area contributed by atoms with Crippen molar-refractivity contribution >= 4 is 28.5 Å². The van der Waals surface area contributed by atoms with E-state index in [4.69, 9.17) is 0 Å². The number of aromatic hydroxyl groups is 1. The molecule has 1 saturated carbocycles. The van der Waals surface area contributed by atoms with Gasteiger partial charge in [0.1, 0.15) is 5.75 Å². The molecule has 2 unspecified atom stereocenters. The van der Waals surface area contributed by atoms with E-state index in [1.165, 1.54) is 6.42 Å². The van der Waals surface area contributed by atoms with E-state index in [0.717, 1.165) is 16.4 Å². The van der Waals surface area contributed by atoms with Gasteiger partial charge in [-0.25, -0.2) is 0 Å². The van der Waals surface area contributed by atoms with Crippen LogP contribution in [0.15, 0.2) is 18.2 Å². The van der Waals surface area contributed by atoms with E-state index in [9.17, 15) is 9.90 Å². The van der Waals surface area contributed by atoms with Crippen LogP contribution in [0, 0.1) is 9.49 Å². The molecule has 2 rings (SSSR count). The Morgan fingerprint density at radius 2 is 2.24 bits per heavy atom. The minimum Gasteiger partial charge on any atom is -0.507 e. The van der Waals surface area contributed by atoms with Gasteiger partial charge >= 0.3 is 0 Å². The van der Waals surface area contributed by atoms with Crippen LogP contribution in [0.4, 0.5) is 0 Å². The molecule has 0 aliphatic heterocycles. The van der Waals surface area contributed by atoms with Crippen molar-refractivity contribution in [2.75, 3.05) is 0 Å². The Kier molecular flexibility index (Phi) is 3.91. The fourth-order valence-electron chi connectivity index (χ4n) is 2.29. The van der Waals surface area contributed by atoms with Gasteiger partial charge in [-0.05, 0) is 66.0 Å². The summed E-state index contributed by atoms with van der Waals surface area (Å²) in [6, 6.07) is 5.32. The van der Waals surface area contributed by atoms with Crippen LogP contribution in [0.1, 0.15) is 36.5 Å². The fraction of sp³-hybridized carbons (Fsp3) is 0.462. The first-order chi connectivity index (χ1) is 8.06. The number of rotatable bonds is 2. The topological polar surface area (TPSA) is 49.3 Å². The first-order valence-electron chi connectivity index (χ1n) is 5.85. The molecule has 1 fully saturated rings. The molecule has 0 bridgehead atoms. The molecule has 0 spiro atoms. The molecule has 3 nitrogen and oxygen atoms in total. The van der Waals surface area contributed by atoms with Crippen LogP contribution in [0.25, 0.3) is 0 Å². The van der Waals surface area contributed by atoms with E-state index >= 15 is 0 Å². The average Bonchev–Trinajstić information content (AvgIpc) is 2.67. The highest BCUT2D eigenvalue weighted by atomic mass is 127. The predicted octanol–water partition coefficient (Wildman–Crippen LogP) is 2.92. The van der Waals surface area contributed by atoms with Crippen molar-refractivity contribution in [3.63, 3.8) is 0 Å². The second-order valence-electron chi connectivity index (χ2n) is 4.75. The molecule has 92 valence electrons. The third-order valence-electron chi connectivity index (χ3n) is 3.23. The van der Waals surface area contributed by atoms with Gasteiger partial charge in [0, 0.05) is 9.61 Å². The smallest absolute Gasteiger partial charge is 0.255 e. The van der Waals surface area contributed by atoms with Crippen LogP contribution in [-0.2, 0) is 0 Å². The Hall–Kier alpha value is -0.780. The standard InChI is InChI=1S/C13H16INO2/c1-8-2-4-10(6-8)15-13(17)11-7-9(14)3-5-12(11)16/h3,5,7-8,10,16H,2,4,6H2,1H3,(H,15,17). The van der Waals surface area contributed by atoms with Crippen LogP contribution < -0.4 is 5.32 Å². The van der Waals surface area contributed by atoms with E-state index in [-0.39, 0.29) is 17.7 Å². The van der Waals surface area contributed by atoms with Crippen LogP contribution in [0.3, 0.4) is 0 Å². The summed E-state index contributed by atoms with van der Waals surface area (Å²) in [6.45, 7) is 2.20. The third kappa shape index (κ3) is 3.12. The largest absolute Gasteiger partial charge is 0.507 e. The van der Waals surface area contributed by atoms with Gasteiger partial charge in [-0.2, -0.15) is 0 Å². The monoisotopic (exact) mass is 345 g/mol. The predicted molar refractivity (Wildman–Crippen MR) is 75.1 cm³/mol. The van der Waals surface area contributed by atoms with E-state index in [2.05, 4.69) is 34.8 Å². The first-order valence-corrected chi connectivity index (χ1v) is 6.93. The van der Waals surface area contributed by atoms with E-state index < -0.39 is 0 Å². The summed E-state index contributed by atoms with van der Waals surface area (Å²) in [7, 11) is 0. The first kappa shape index (κ1) is 12.7. The second kappa shape index (κ2) is 5.25. The number of halogens is 1. The molecule has 1 aromatic rings. The number of carbonyl (C=O) groups is 1. The number of phenols is 1. The van der Waals surface area contributed by atoms with Gasteiger partial charge < -0.3 is 10.4 Å². The molecule has 1 aliphatic rings. The normalized spacial score (nSPS) is 23.6. The number of nitrogens with one attached hydrogen (secondary N) is 1. The molecule has 0 radical (unpaired) electrons. The summed E-state index contributed by atoms with van der Waals surface area (Å²) in [4.78, 5) is 12.0. The highest BCUT2D eigenvalue weighted by molar-refractivity contribution is 14.1. The quantitative estimate of drug-likeness (QED) is 0.810. The van der Waals surface area contributed by atoms with Crippen LogP contribution >= 0.6 is 22.6 Å². The van der Waals surface area contributed by atoms with Crippen molar-refractivity contribution in [3.05, 3.63) is 27.3 Å². The second-order valence-corrected chi connectivity index (χ2v) is 6.00. The summed E-state index contributed by atoms with van der Waals surface area (Å²) >= 11 is 2.13. The maximum Gasteiger partial charge on any atom is 0.255 e. The molecule has 17 heavy (non-hydrogen) atoms. The van der Waals surface area contributed by atoms with Gasteiger partial charge in [0.25, 0.3) is 5.91 Å². The Morgan fingerprint density at radius 1 is 1.47 bits per heavy atom. The average molecular weight is 345 g/mol. The molecular formula is C13H16INO2. The molecule has 1 amide bonds. The Labute approximate surface area is 115 Å². The molecule has 0 heterocycles. The van der Waals surface area contributed by atoms with Crippen molar-refractivity contribution in [3.8, 4) is 5.75 Å². The van der Waals surface area contributed by atoms with Gasteiger partial charge in [-0.1, -0.05) is 6.92 Å². The van der Waals surface area contributed by atoms with Crippen LogP contribution in [0.5, 0.6) is 5.75 Å². The number of hydrogen-bond donors (Lipinski definition) is 2. The number of benzene rings is 1. The Bertz CT molecular complexity index is 433. The lowest BCUT2D eigenvalue weighted by Crippen LogP contribution is -2.32. The fourth-order valence-corrected chi connectivity index (χ4v) is 2.78. The summed E-state index contributed by atoms with van der Waals surface area (Å²) in [6.07, 6.45) is 3.25. The molecule has 1 aliphatic carbocycles. The molecule has 2 N–H and O–H groups in total. The van der Waals surface area contributed by atoms with Gasteiger partial charge in [0.15, 0.2) is 0 Å². The summed E-state index contributed by atoms with van der Waals surface area (Å²) in [5.74, 6) is 0.568. The summed E-state index contributed by atoms with van der Waals surface area (Å²) in [5, 5.41) is 12.7. The van der Waals surface area contributed by atoms with E-state index in [0.29, 0.717) is 11.5 Å². The lowest BCUT2D eigenvalue weighted by Gasteiger charge is -2.13. The molecular weight excluding hydrogens is 329 g/mol. The van der Waals surface area contributed by atoms with Crippen LogP contribution in [0.2, 0.25) is 0 Å². The zero-order valence-electron chi connectivity index (χ0n) is 9.74. The molecule has 0 saturated heterocycles. The minimum absolute atomic E-state index is 0.0500. The van der Waals surface area contributed by atoms with Crippen molar-refractivity contribution in [1.29, 1.82) is 0 Å². The SMILES string of the molecule is CC1CCC(NC(=O)c2cc(I)ccc2O)C1. The molecule has 0 aromatic heterocycles. The highest BCUT2D eigenvalue weighted by Gasteiger charge is 2.24. The number of amides is 1. The Morgan fingerprint density at radius 3 is 2.88 bits per heavy atom. The van der Waals surface area contributed by atoms with E-state index in [1.807, 2.05) is 0 Å². The number of hydrogen-bond acceptors (Lipinski definition) is 2. The lowest BCUT2D eigenvalue weighted by atomic mass is 10.1. The van der Waals surface area contributed by atoms with Gasteiger partial charge in [-0.3, -0.25) is 4.79 Å². The summed E-state index contributed by atoms with van der Waals surface area (Å²) < 4.78 is 0.949. The zero-order chi connectivity index (χ0) is 12.4. The van der Waals surface area contributed by atoms with Crippen molar-refractivity contribution in [2.24, 2.45) is 5.92 Å². The zero-order valence-corrected chi connectivity index (χ0v) is 11.9. The molecule has 2 atom stereocenters.